The van der Waals surface area contributed by atoms with E-state index >= 15 is 0 Å². The molecule has 1 aliphatic heterocycles. The van der Waals surface area contributed by atoms with Crippen molar-refractivity contribution in [1.29, 1.82) is 0 Å². The maximum absolute atomic E-state index is 5.31. The monoisotopic (exact) mass is 155 g/mol. The highest BCUT2D eigenvalue weighted by atomic mass is 16.7. The fourth-order valence-corrected chi connectivity index (χ4v) is 1.73. The average Bonchev–Trinajstić information content (AvgIpc) is 2.47. The predicted octanol–water partition coefficient (Wildman–Crippen LogP) is 1.32. The van der Waals surface area contributed by atoms with Gasteiger partial charge >= 0.3 is 0 Å². The van der Waals surface area contributed by atoms with Gasteiger partial charge in [0, 0.05) is 5.57 Å². The van der Waals surface area contributed by atoms with Crippen LogP contribution in [0.25, 0.3) is 0 Å². The van der Waals surface area contributed by atoms with Crippen molar-refractivity contribution in [1.82, 2.24) is 5.48 Å². The van der Waals surface area contributed by atoms with Crippen LogP contribution in [0.5, 0.6) is 0 Å². The first-order valence-corrected chi connectivity index (χ1v) is 4.10. The molecule has 3 nitrogen and oxygen atoms in total. The molecule has 1 fully saturated rings. The summed E-state index contributed by atoms with van der Waals surface area (Å²) in [5, 5.41) is 0. The molecule has 1 saturated carbocycles. The summed E-state index contributed by atoms with van der Waals surface area (Å²) in [4.78, 5) is 5.31. The smallest absolute Gasteiger partial charge is 0.212 e. The molecule has 1 N–H and O–H groups in total. The van der Waals surface area contributed by atoms with Crippen LogP contribution in [0.2, 0.25) is 0 Å². The van der Waals surface area contributed by atoms with Gasteiger partial charge in [-0.15, -0.1) is 0 Å². The lowest BCUT2D eigenvalue weighted by atomic mass is 9.93. The molecule has 0 aromatic carbocycles. The van der Waals surface area contributed by atoms with Crippen molar-refractivity contribution >= 4 is 0 Å². The van der Waals surface area contributed by atoms with Gasteiger partial charge in [0.05, 0.1) is 7.11 Å². The second-order valence-corrected chi connectivity index (χ2v) is 3.01. The molecule has 1 atom stereocenters. The van der Waals surface area contributed by atoms with Gasteiger partial charge in [0.2, 0.25) is 5.88 Å². The third-order valence-corrected chi connectivity index (χ3v) is 2.34. The zero-order valence-electron chi connectivity index (χ0n) is 6.72. The third-order valence-electron chi connectivity index (χ3n) is 2.34. The van der Waals surface area contributed by atoms with Gasteiger partial charge in [0.15, 0.2) is 0 Å². The van der Waals surface area contributed by atoms with Crippen molar-refractivity contribution < 1.29 is 9.57 Å². The summed E-state index contributed by atoms with van der Waals surface area (Å²) in [6.45, 7) is 0. The number of nitrogens with one attached hydrogen (secondary N) is 1. The van der Waals surface area contributed by atoms with E-state index in [4.69, 9.17) is 9.57 Å². The molecule has 1 heterocycles. The van der Waals surface area contributed by atoms with Gasteiger partial charge in [-0.2, -0.15) is 0 Å². The maximum atomic E-state index is 5.31. The van der Waals surface area contributed by atoms with Crippen LogP contribution in [0, 0.1) is 0 Å². The minimum absolute atomic E-state index is 0.290. The zero-order valence-corrected chi connectivity index (χ0v) is 6.72. The van der Waals surface area contributed by atoms with E-state index in [-0.39, 0.29) is 0 Å². The maximum Gasteiger partial charge on any atom is 0.212 e. The van der Waals surface area contributed by atoms with Crippen LogP contribution in [0.3, 0.4) is 0 Å². The van der Waals surface area contributed by atoms with Gasteiger partial charge in [-0.05, 0) is 19.3 Å². The molecule has 3 heteroatoms. The zero-order chi connectivity index (χ0) is 7.68. The van der Waals surface area contributed by atoms with Crippen LogP contribution in [-0.2, 0) is 9.57 Å². The SMILES string of the molecule is COC1=C2CCCCC2ON1. The summed E-state index contributed by atoms with van der Waals surface area (Å²) in [7, 11) is 1.68. The molecule has 1 unspecified atom stereocenters. The highest BCUT2D eigenvalue weighted by molar-refractivity contribution is 5.17. The molecule has 0 spiro atoms. The molecule has 1 aliphatic carbocycles. The normalized spacial score (nSPS) is 29.7. The van der Waals surface area contributed by atoms with Gasteiger partial charge < -0.3 is 4.74 Å². The Labute approximate surface area is 66.3 Å². The van der Waals surface area contributed by atoms with Crippen LogP contribution in [-0.4, -0.2) is 13.2 Å². The number of ether oxygens (including phenoxy) is 1. The number of hydrogen-bond donors (Lipinski definition) is 1. The number of hydrogen-bond acceptors (Lipinski definition) is 3. The Bertz CT molecular complexity index is 189. The lowest BCUT2D eigenvalue weighted by Gasteiger charge is -2.17. The van der Waals surface area contributed by atoms with Gasteiger partial charge in [-0.25, -0.2) is 5.48 Å². The topological polar surface area (TPSA) is 30.5 Å². The number of hydroxylamine groups is 1. The van der Waals surface area contributed by atoms with E-state index in [2.05, 4.69) is 5.48 Å². The second kappa shape index (κ2) is 2.74. The summed E-state index contributed by atoms with van der Waals surface area (Å²) >= 11 is 0. The fraction of sp³-hybridized carbons (Fsp3) is 0.750. The van der Waals surface area contributed by atoms with Gasteiger partial charge in [-0.1, -0.05) is 6.42 Å². The minimum Gasteiger partial charge on any atom is -0.481 e. The summed E-state index contributed by atoms with van der Waals surface area (Å²) in [5.41, 5.74) is 4.12. The van der Waals surface area contributed by atoms with Crippen molar-refractivity contribution in [3.63, 3.8) is 0 Å². The number of rotatable bonds is 1. The van der Waals surface area contributed by atoms with Crippen molar-refractivity contribution in [2.45, 2.75) is 31.8 Å². The molecular formula is C8H13NO2. The Balaban J connectivity index is 2.16. The number of methoxy groups -OCH3 is 1. The van der Waals surface area contributed by atoms with Crippen LogP contribution in [0.15, 0.2) is 11.5 Å². The van der Waals surface area contributed by atoms with Crippen LogP contribution < -0.4 is 5.48 Å². The molecule has 0 aromatic rings. The fourth-order valence-electron chi connectivity index (χ4n) is 1.73. The molecule has 0 radical (unpaired) electrons. The largest absolute Gasteiger partial charge is 0.481 e. The highest BCUT2D eigenvalue weighted by Gasteiger charge is 2.29. The van der Waals surface area contributed by atoms with Crippen LogP contribution in [0.1, 0.15) is 25.7 Å². The minimum atomic E-state index is 0.290. The third kappa shape index (κ3) is 1.09. The van der Waals surface area contributed by atoms with E-state index in [1.54, 1.807) is 7.11 Å². The van der Waals surface area contributed by atoms with Crippen molar-refractivity contribution in [2.75, 3.05) is 7.11 Å². The lowest BCUT2D eigenvalue weighted by Crippen LogP contribution is -2.16. The van der Waals surface area contributed by atoms with Crippen LogP contribution >= 0.6 is 0 Å². The molecule has 0 aromatic heterocycles. The average molecular weight is 155 g/mol. The Morgan fingerprint density at radius 1 is 1.55 bits per heavy atom. The number of fused-ring (bicyclic) bond motifs is 1. The molecule has 62 valence electrons. The quantitative estimate of drug-likeness (QED) is 0.619. The summed E-state index contributed by atoms with van der Waals surface area (Å²) in [6.07, 6.45) is 5.09. The van der Waals surface area contributed by atoms with Gasteiger partial charge in [0.1, 0.15) is 6.10 Å². The molecular weight excluding hydrogens is 142 g/mol. The Morgan fingerprint density at radius 2 is 2.45 bits per heavy atom. The van der Waals surface area contributed by atoms with Crippen LogP contribution in [0.4, 0.5) is 0 Å². The molecule has 2 aliphatic rings. The van der Waals surface area contributed by atoms with E-state index in [0.717, 1.165) is 18.7 Å². The molecule has 0 amide bonds. The van der Waals surface area contributed by atoms with Gasteiger partial charge in [0.25, 0.3) is 0 Å². The van der Waals surface area contributed by atoms with E-state index < -0.39 is 0 Å². The first-order valence-electron chi connectivity index (χ1n) is 4.10. The van der Waals surface area contributed by atoms with Gasteiger partial charge in [-0.3, -0.25) is 4.84 Å². The first kappa shape index (κ1) is 6.98. The Morgan fingerprint density at radius 3 is 3.27 bits per heavy atom. The summed E-state index contributed by atoms with van der Waals surface area (Å²) < 4.78 is 5.12. The lowest BCUT2D eigenvalue weighted by molar-refractivity contribution is 0.00953. The molecule has 2 rings (SSSR count). The molecule has 0 saturated heterocycles. The van der Waals surface area contributed by atoms with Crippen molar-refractivity contribution in [3.8, 4) is 0 Å². The predicted molar refractivity (Wildman–Crippen MR) is 40.5 cm³/mol. The summed E-state index contributed by atoms with van der Waals surface area (Å²) in [6, 6.07) is 0. The van der Waals surface area contributed by atoms with Crippen molar-refractivity contribution in [3.05, 3.63) is 11.5 Å². The van der Waals surface area contributed by atoms with E-state index in [1.165, 1.54) is 18.4 Å². The first-order chi connectivity index (χ1) is 5.42. The van der Waals surface area contributed by atoms with E-state index in [0.29, 0.717) is 6.10 Å². The second-order valence-electron chi connectivity index (χ2n) is 3.01. The molecule has 11 heavy (non-hydrogen) atoms. The summed E-state index contributed by atoms with van der Waals surface area (Å²) in [5.74, 6) is 0.842. The van der Waals surface area contributed by atoms with E-state index in [9.17, 15) is 0 Å². The molecule has 0 bridgehead atoms. The van der Waals surface area contributed by atoms with E-state index in [1.807, 2.05) is 0 Å². The Hall–Kier alpha value is -0.700. The standard InChI is InChI=1S/C8H13NO2/c1-10-8-6-4-2-3-5-7(6)11-9-8/h7,9H,2-5H2,1H3. The van der Waals surface area contributed by atoms with Crippen molar-refractivity contribution in [2.24, 2.45) is 0 Å². The Kier molecular flexibility index (Phi) is 1.74. The highest BCUT2D eigenvalue weighted by Crippen LogP contribution is 2.31.